The van der Waals surface area contributed by atoms with Crippen molar-refractivity contribution in [2.45, 2.75) is 11.1 Å². The van der Waals surface area contributed by atoms with Gasteiger partial charge in [0.15, 0.2) is 5.69 Å². The standard InChI is InChI=1S/C17H13ClF3N3O3S/c1-27-10-6-7-11(12(18)8-10)14-9-16(17(19,20)21)23-24(14)13-4-2-3-5-15(13)28(22,25)26/h2-9H,1H3,(H2,22,25,26). The first-order valence-electron chi connectivity index (χ1n) is 7.66. The van der Waals surface area contributed by atoms with Crippen LogP contribution in [0.4, 0.5) is 13.2 Å². The highest BCUT2D eigenvalue weighted by molar-refractivity contribution is 7.89. The lowest BCUT2D eigenvalue weighted by molar-refractivity contribution is -0.141. The van der Waals surface area contributed by atoms with Gasteiger partial charge in [0.2, 0.25) is 10.0 Å². The molecular formula is C17H13ClF3N3O3S. The number of para-hydroxylation sites is 1. The summed E-state index contributed by atoms with van der Waals surface area (Å²) in [4.78, 5) is -0.377. The Hall–Kier alpha value is -2.56. The number of halogens is 4. The summed E-state index contributed by atoms with van der Waals surface area (Å²) in [5.41, 5.74) is -1.20. The number of alkyl halides is 3. The Bertz CT molecular complexity index is 1140. The van der Waals surface area contributed by atoms with Crippen LogP contribution in [0.2, 0.25) is 5.02 Å². The van der Waals surface area contributed by atoms with Crippen LogP contribution in [0.3, 0.4) is 0 Å². The van der Waals surface area contributed by atoms with Crippen molar-refractivity contribution in [2.75, 3.05) is 7.11 Å². The molecule has 1 aromatic heterocycles. The molecular weight excluding hydrogens is 419 g/mol. The maximum atomic E-state index is 13.3. The van der Waals surface area contributed by atoms with Crippen molar-refractivity contribution in [3.8, 4) is 22.7 Å². The monoisotopic (exact) mass is 431 g/mol. The number of nitrogens with two attached hydrogens (primary N) is 1. The number of nitrogens with zero attached hydrogens (tertiary/aromatic N) is 2. The smallest absolute Gasteiger partial charge is 0.435 e. The second-order valence-corrected chi connectivity index (χ2v) is 7.62. The summed E-state index contributed by atoms with van der Waals surface area (Å²) in [6.45, 7) is 0. The zero-order valence-corrected chi connectivity index (χ0v) is 15.8. The van der Waals surface area contributed by atoms with Gasteiger partial charge in [-0.25, -0.2) is 18.2 Å². The topological polar surface area (TPSA) is 87.2 Å². The Morgan fingerprint density at radius 3 is 2.39 bits per heavy atom. The maximum absolute atomic E-state index is 13.3. The van der Waals surface area contributed by atoms with E-state index in [2.05, 4.69) is 5.10 Å². The molecule has 11 heteroatoms. The van der Waals surface area contributed by atoms with Crippen molar-refractivity contribution in [1.29, 1.82) is 0 Å². The molecule has 2 N–H and O–H groups in total. The van der Waals surface area contributed by atoms with E-state index in [-0.39, 0.29) is 26.9 Å². The van der Waals surface area contributed by atoms with Gasteiger partial charge >= 0.3 is 6.18 Å². The molecule has 0 spiro atoms. The molecule has 2 aromatic carbocycles. The summed E-state index contributed by atoms with van der Waals surface area (Å²) in [6, 6.07) is 10.5. The molecule has 3 rings (SSSR count). The molecule has 148 valence electrons. The quantitative estimate of drug-likeness (QED) is 0.679. The Morgan fingerprint density at radius 2 is 1.82 bits per heavy atom. The van der Waals surface area contributed by atoms with E-state index >= 15 is 0 Å². The van der Waals surface area contributed by atoms with E-state index in [1.165, 1.54) is 49.6 Å². The first kappa shape index (κ1) is 20.2. The van der Waals surface area contributed by atoms with E-state index in [0.29, 0.717) is 5.75 Å². The molecule has 0 radical (unpaired) electrons. The Balaban J connectivity index is 2.33. The minimum absolute atomic E-state index is 0.0592. The zero-order valence-electron chi connectivity index (χ0n) is 14.2. The number of benzene rings is 2. The lowest BCUT2D eigenvalue weighted by Gasteiger charge is -2.13. The van der Waals surface area contributed by atoms with Gasteiger partial charge in [0, 0.05) is 5.56 Å². The van der Waals surface area contributed by atoms with Gasteiger partial charge < -0.3 is 4.74 Å². The van der Waals surface area contributed by atoms with Crippen LogP contribution in [0.15, 0.2) is 53.4 Å². The predicted octanol–water partition coefficient (Wildman–Crippen LogP) is 3.87. The summed E-state index contributed by atoms with van der Waals surface area (Å²) in [6.07, 6.45) is -4.75. The van der Waals surface area contributed by atoms with Crippen LogP contribution in [0.25, 0.3) is 16.9 Å². The van der Waals surface area contributed by atoms with Crippen molar-refractivity contribution < 1.29 is 26.3 Å². The summed E-state index contributed by atoms with van der Waals surface area (Å²) < 4.78 is 69.6. The van der Waals surface area contributed by atoms with Gasteiger partial charge in [0.25, 0.3) is 0 Å². The van der Waals surface area contributed by atoms with Gasteiger partial charge in [-0.3, -0.25) is 0 Å². The minimum atomic E-state index is -4.75. The second-order valence-electron chi connectivity index (χ2n) is 5.68. The fraction of sp³-hybridized carbons (Fsp3) is 0.118. The van der Waals surface area contributed by atoms with Gasteiger partial charge in [-0.1, -0.05) is 23.7 Å². The van der Waals surface area contributed by atoms with Crippen LogP contribution in [0.1, 0.15) is 5.69 Å². The van der Waals surface area contributed by atoms with E-state index in [4.69, 9.17) is 21.5 Å². The summed E-state index contributed by atoms with van der Waals surface area (Å²) in [7, 11) is -2.81. The van der Waals surface area contributed by atoms with Gasteiger partial charge in [-0.2, -0.15) is 18.3 Å². The fourth-order valence-electron chi connectivity index (χ4n) is 2.60. The van der Waals surface area contributed by atoms with Crippen LogP contribution in [0, 0.1) is 0 Å². The molecule has 0 aliphatic heterocycles. The molecule has 0 aliphatic carbocycles. The van der Waals surface area contributed by atoms with E-state index in [1.54, 1.807) is 0 Å². The number of primary sulfonamides is 1. The van der Waals surface area contributed by atoms with Gasteiger partial charge in [0.05, 0.1) is 23.5 Å². The number of rotatable bonds is 4. The molecule has 3 aromatic rings. The molecule has 0 unspecified atom stereocenters. The Morgan fingerprint density at radius 1 is 1.14 bits per heavy atom. The zero-order chi connectivity index (χ0) is 20.7. The summed E-state index contributed by atoms with van der Waals surface area (Å²) in [5, 5.41) is 8.88. The van der Waals surface area contributed by atoms with E-state index in [0.717, 1.165) is 10.7 Å². The SMILES string of the molecule is COc1ccc(-c2cc(C(F)(F)F)nn2-c2ccccc2S(N)(=O)=O)c(Cl)c1. The maximum Gasteiger partial charge on any atom is 0.435 e. The number of methoxy groups -OCH3 is 1. The lowest BCUT2D eigenvalue weighted by Crippen LogP contribution is -2.16. The number of sulfonamides is 1. The predicted molar refractivity (Wildman–Crippen MR) is 96.9 cm³/mol. The van der Waals surface area contributed by atoms with Gasteiger partial charge in [-0.05, 0) is 36.4 Å². The third kappa shape index (κ3) is 3.84. The van der Waals surface area contributed by atoms with Crippen molar-refractivity contribution in [2.24, 2.45) is 5.14 Å². The van der Waals surface area contributed by atoms with Crippen LogP contribution >= 0.6 is 11.6 Å². The summed E-state index contributed by atoms with van der Waals surface area (Å²) in [5.74, 6) is 0.404. The molecule has 1 heterocycles. The highest BCUT2D eigenvalue weighted by Crippen LogP contribution is 2.37. The van der Waals surface area contributed by atoms with Gasteiger partial charge in [-0.15, -0.1) is 0 Å². The molecule has 0 aliphatic rings. The number of hydrogen-bond donors (Lipinski definition) is 1. The number of aromatic nitrogens is 2. The molecule has 0 bridgehead atoms. The normalized spacial score (nSPS) is 12.2. The molecule has 0 fully saturated rings. The number of hydrogen-bond acceptors (Lipinski definition) is 4. The molecule has 0 atom stereocenters. The van der Waals surface area contributed by atoms with Crippen LogP contribution in [0.5, 0.6) is 5.75 Å². The Kier molecular flexibility index (Phi) is 5.13. The molecule has 6 nitrogen and oxygen atoms in total. The van der Waals surface area contributed by atoms with Crippen molar-refractivity contribution in [3.05, 3.63) is 59.2 Å². The highest BCUT2D eigenvalue weighted by atomic mass is 35.5. The average Bonchev–Trinajstić information content (AvgIpc) is 3.06. The van der Waals surface area contributed by atoms with Crippen LogP contribution < -0.4 is 9.88 Å². The third-order valence-corrected chi connectivity index (χ3v) is 5.12. The highest BCUT2D eigenvalue weighted by Gasteiger charge is 2.36. The lowest BCUT2D eigenvalue weighted by atomic mass is 10.1. The van der Waals surface area contributed by atoms with E-state index in [9.17, 15) is 21.6 Å². The molecule has 0 saturated carbocycles. The van der Waals surface area contributed by atoms with Crippen LogP contribution in [-0.2, 0) is 16.2 Å². The van der Waals surface area contributed by atoms with Crippen molar-refractivity contribution in [1.82, 2.24) is 9.78 Å². The largest absolute Gasteiger partial charge is 0.497 e. The second kappa shape index (κ2) is 7.12. The third-order valence-electron chi connectivity index (χ3n) is 3.85. The fourth-order valence-corrected chi connectivity index (χ4v) is 3.58. The van der Waals surface area contributed by atoms with Crippen molar-refractivity contribution >= 4 is 21.6 Å². The molecule has 0 amide bonds. The van der Waals surface area contributed by atoms with Crippen molar-refractivity contribution in [3.63, 3.8) is 0 Å². The molecule has 0 saturated heterocycles. The van der Waals surface area contributed by atoms with Crippen LogP contribution in [-0.4, -0.2) is 25.3 Å². The Labute approximate surface area is 163 Å². The average molecular weight is 432 g/mol. The van der Waals surface area contributed by atoms with E-state index < -0.39 is 21.9 Å². The van der Waals surface area contributed by atoms with Gasteiger partial charge in [0.1, 0.15) is 10.6 Å². The minimum Gasteiger partial charge on any atom is -0.497 e. The first-order chi connectivity index (χ1) is 13.0. The van der Waals surface area contributed by atoms with E-state index in [1.807, 2.05) is 0 Å². The first-order valence-corrected chi connectivity index (χ1v) is 9.58. The summed E-state index contributed by atoms with van der Waals surface area (Å²) >= 11 is 6.21. The molecule has 28 heavy (non-hydrogen) atoms. The number of ether oxygens (including phenoxy) is 1.